The lowest BCUT2D eigenvalue weighted by Crippen LogP contribution is -2.54. The van der Waals surface area contributed by atoms with Gasteiger partial charge in [0.25, 0.3) is 0 Å². The first-order valence-corrected chi connectivity index (χ1v) is 5.10. The lowest BCUT2D eigenvalue weighted by Gasteiger charge is -2.35. The number of ether oxygens (including phenoxy) is 1. The second kappa shape index (κ2) is 5.37. The molecule has 90 valence electrons. The molecule has 0 saturated carbocycles. The molecule has 0 unspecified atom stereocenters. The first-order valence-electron chi connectivity index (χ1n) is 5.10. The van der Waals surface area contributed by atoms with Crippen LogP contribution in [0.15, 0.2) is 9.32 Å². The summed E-state index contributed by atoms with van der Waals surface area (Å²) in [7, 11) is 16.4. The second-order valence-electron chi connectivity index (χ2n) is 3.93. The van der Waals surface area contributed by atoms with Crippen LogP contribution in [0.2, 0.25) is 0 Å². The van der Waals surface area contributed by atoms with Crippen molar-refractivity contribution in [1.29, 1.82) is 0 Å². The molecule has 1 aromatic rings. The molecule has 0 saturated heterocycles. The Morgan fingerprint density at radius 2 is 2.17 bits per heavy atom. The highest BCUT2D eigenvalue weighted by Crippen LogP contribution is 2.12. The van der Waals surface area contributed by atoms with Crippen molar-refractivity contribution in [2.45, 2.75) is 25.2 Å². The number of H-pyrrole nitrogens is 1. The van der Waals surface area contributed by atoms with Crippen molar-refractivity contribution in [2.24, 2.45) is 0 Å². The van der Waals surface area contributed by atoms with Crippen LogP contribution < -0.4 is 10.7 Å². The maximum absolute atomic E-state index is 11.5. The third kappa shape index (κ3) is 4.01. The topological polar surface area (TPSA) is 88.4 Å². The van der Waals surface area contributed by atoms with Gasteiger partial charge in [0, 0.05) is 0 Å². The van der Waals surface area contributed by atoms with Crippen molar-refractivity contribution in [3.05, 3.63) is 10.6 Å². The first-order chi connectivity index (χ1) is 8.20. The van der Waals surface area contributed by atoms with Crippen molar-refractivity contribution >= 4 is 35.5 Å². The van der Waals surface area contributed by atoms with E-state index in [4.69, 9.17) is 28.3 Å². The normalized spacial score (nSPS) is 11.5. The van der Waals surface area contributed by atoms with Gasteiger partial charge in [-0.25, -0.2) is 4.79 Å². The van der Waals surface area contributed by atoms with E-state index in [2.05, 4.69) is 14.7 Å². The minimum atomic E-state index is -1.91. The number of nitrogens with one attached hydrogen (secondary N) is 1. The largest absolute Gasteiger partial charge is 0.462 e. The SMILES string of the molecule is [B]C([B])([B])N(CC(=O)OC(C)C)c1noc(=O)[nH]1. The fraction of sp³-hybridized carbons (Fsp3) is 0.625. The van der Waals surface area contributed by atoms with Gasteiger partial charge in [0.15, 0.2) is 0 Å². The molecule has 7 nitrogen and oxygen atoms in total. The quantitative estimate of drug-likeness (QED) is 0.488. The van der Waals surface area contributed by atoms with Gasteiger partial charge < -0.3 is 9.64 Å². The molecule has 0 bridgehead atoms. The summed E-state index contributed by atoms with van der Waals surface area (Å²) in [6, 6.07) is 0. The molecule has 0 aliphatic rings. The lowest BCUT2D eigenvalue weighted by atomic mass is 9.48. The van der Waals surface area contributed by atoms with E-state index in [-0.39, 0.29) is 18.6 Å². The molecule has 0 spiro atoms. The lowest BCUT2D eigenvalue weighted by molar-refractivity contribution is -0.145. The average molecular weight is 245 g/mol. The van der Waals surface area contributed by atoms with Gasteiger partial charge in [-0.3, -0.25) is 14.3 Å². The summed E-state index contributed by atoms with van der Waals surface area (Å²) >= 11 is 0. The minimum Gasteiger partial charge on any atom is -0.462 e. The molecule has 1 aromatic heterocycles. The zero-order valence-electron chi connectivity index (χ0n) is 10.0. The van der Waals surface area contributed by atoms with Crippen molar-refractivity contribution in [1.82, 2.24) is 10.1 Å². The van der Waals surface area contributed by atoms with Crippen LogP contribution in [0, 0.1) is 0 Å². The van der Waals surface area contributed by atoms with Gasteiger partial charge in [0.2, 0.25) is 5.95 Å². The molecule has 0 fully saturated rings. The molecule has 0 amide bonds. The number of nitrogens with zero attached hydrogens (tertiary/aromatic N) is 2. The summed E-state index contributed by atoms with van der Waals surface area (Å²) in [5, 5.41) is 1.44. The van der Waals surface area contributed by atoms with E-state index in [1.165, 1.54) is 0 Å². The zero-order chi connectivity index (χ0) is 13.9. The van der Waals surface area contributed by atoms with E-state index in [0.29, 0.717) is 0 Å². The van der Waals surface area contributed by atoms with Crippen molar-refractivity contribution in [3.63, 3.8) is 0 Å². The Morgan fingerprint density at radius 1 is 1.56 bits per heavy atom. The van der Waals surface area contributed by atoms with Crippen molar-refractivity contribution in [2.75, 3.05) is 11.4 Å². The van der Waals surface area contributed by atoms with E-state index in [9.17, 15) is 9.59 Å². The number of anilines is 1. The molecule has 1 N–H and O–H groups in total. The Bertz CT molecular complexity index is 465. The van der Waals surface area contributed by atoms with Gasteiger partial charge in [-0.2, -0.15) is 0 Å². The monoisotopic (exact) mass is 245 g/mol. The number of hydrogen-bond donors (Lipinski definition) is 1. The smallest absolute Gasteiger partial charge is 0.440 e. The summed E-state index contributed by atoms with van der Waals surface area (Å²) in [4.78, 5) is 25.5. The van der Waals surface area contributed by atoms with Gasteiger partial charge in [-0.1, -0.05) is 5.24 Å². The number of hydrogen-bond acceptors (Lipinski definition) is 6. The predicted octanol–water partition coefficient (Wildman–Crippen LogP) is -1.76. The molecular weight excluding hydrogens is 235 g/mol. The van der Waals surface area contributed by atoms with Crippen LogP contribution in [0.3, 0.4) is 0 Å². The fourth-order valence-electron chi connectivity index (χ4n) is 1.16. The van der Waals surface area contributed by atoms with E-state index >= 15 is 0 Å². The third-order valence-corrected chi connectivity index (χ3v) is 1.81. The predicted molar refractivity (Wildman–Crippen MR) is 65.7 cm³/mol. The first kappa shape index (κ1) is 14.5. The highest BCUT2D eigenvalue weighted by atomic mass is 16.5. The molecule has 0 atom stereocenters. The number of carbonyl (C=O) groups is 1. The number of carbonyl (C=O) groups excluding carboxylic acids is 1. The van der Waals surface area contributed by atoms with Crippen LogP contribution >= 0.6 is 0 Å². The molecule has 0 aliphatic heterocycles. The van der Waals surface area contributed by atoms with Crippen molar-refractivity contribution < 1.29 is 14.1 Å². The molecule has 6 radical (unpaired) electrons. The van der Waals surface area contributed by atoms with Crippen LogP contribution in [0.5, 0.6) is 0 Å². The molecule has 0 aliphatic carbocycles. The summed E-state index contributed by atoms with van der Waals surface area (Å²) < 4.78 is 9.19. The molecule has 0 aromatic carbocycles. The summed E-state index contributed by atoms with van der Waals surface area (Å²) in [6.07, 6.45) is -0.307. The standard InChI is InChI=1S/C8H10B3N3O4/c1-4(2)17-5(15)3-14(8(9,10)11)6-12-7(16)18-13-6/h4H,3H2,1-2H3,(H,12,13,16). The van der Waals surface area contributed by atoms with E-state index in [0.717, 1.165) is 4.90 Å². The molecule has 1 rings (SSSR count). The van der Waals surface area contributed by atoms with Crippen LogP contribution in [-0.4, -0.2) is 57.5 Å². The number of aromatic amines is 1. The Balaban J connectivity index is 2.87. The van der Waals surface area contributed by atoms with Gasteiger partial charge in [0.1, 0.15) is 6.54 Å². The number of rotatable bonds is 5. The van der Waals surface area contributed by atoms with Gasteiger partial charge >= 0.3 is 11.7 Å². The highest BCUT2D eigenvalue weighted by molar-refractivity contribution is 6.60. The Hall–Kier alpha value is -1.60. The van der Waals surface area contributed by atoms with Gasteiger partial charge in [-0.15, -0.1) is 0 Å². The van der Waals surface area contributed by atoms with Gasteiger partial charge in [-0.05, 0) is 19.0 Å². The van der Waals surface area contributed by atoms with Crippen LogP contribution in [0.4, 0.5) is 5.95 Å². The average Bonchev–Trinajstić information content (AvgIpc) is 2.58. The Morgan fingerprint density at radius 3 is 2.56 bits per heavy atom. The summed E-state index contributed by atoms with van der Waals surface area (Å²) in [5.74, 6) is -1.61. The van der Waals surface area contributed by atoms with Gasteiger partial charge in [0.05, 0.1) is 29.6 Å². The van der Waals surface area contributed by atoms with Crippen LogP contribution in [0.1, 0.15) is 13.8 Å². The second-order valence-corrected chi connectivity index (χ2v) is 3.93. The molecular formula is C8H10B3N3O4. The molecule has 10 heteroatoms. The fourth-order valence-corrected chi connectivity index (χ4v) is 1.16. The number of aromatic nitrogens is 2. The maximum atomic E-state index is 11.5. The zero-order valence-corrected chi connectivity index (χ0v) is 10.0. The highest BCUT2D eigenvalue weighted by Gasteiger charge is 2.26. The van der Waals surface area contributed by atoms with Crippen LogP contribution in [0.25, 0.3) is 0 Å². The Labute approximate surface area is 107 Å². The molecule has 1 heterocycles. The summed E-state index contributed by atoms with van der Waals surface area (Å²) in [5.41, 5.74) is 0. The minimum absolute atomic E-state index is 0.159. The van der Waals surface area contributed by atoms with E-state index in [1.54, 1.807) is 13.8 Å². The molecule has 18 heavy (non-hydrogen) atoms. The summed E-state index contributed by atoms with van der Waals surface area (Å²) in [6.45, 7) is 2.98. The Kier molecular flexibility index (Phi) is 4.31. The van der Waals surface area contributed by atoms with Crippen LogP contribution in [-0.2, 0) is 9.53 Å². The third-order valence-electron chi connectivity index (χ3n) is 1.81. The van der Waals surface area contributed by atoms with E-state index in [1.807, 2.05) is 0 Å². The maximum Gasteiger partial charge on any atom is 0.440 e. The number of esters is 1. The van der Waals surface area contributed by atoms with E-state index < -0.39 is 17.0 Å². The van der Waals surface area contributed by atoms with Crippen molar-refractivity contribution in [3.8, 4) is 0 Å².